The summed E-state index contributed by atoms with van der Waals surface area (Å²) in [6.45, 7) is 3.09. The second-order valence-corrected chi connectivity index (χ2v) is 3.47. The third-order valence-corrected chi connectivity index (χ3v) is 2.10. The van der Waals surface area contributed by atoms with Crippen LogP contribution in [0.25, 0.3) is 0 Å². The van der Waals surface area contributed by atoms with Gasteiger partial charge in [0.25, 0.3) is 0 Å². The summed E-state index contributed by atoms with van der Waals surface area (Å²) < 4.78 is 0. The number of aryl methyl sites for hydroxylation is 1. The molecule has 2 N–H and O–H groups in total. The topological polar surface area (TPSA) is 74.8 Å². The van der Waals surface area contributed by atoms with Crippen molar-refractivity contribution in [3.63, 3.8) is 0 Å². The number of amides is 1. The number of aromatic amines is 1. The number of imidazole rings is 1. The van der Waals surface area contributed by atoms with Crippen molar-refractivity contribution in [2.75, 3.05) is 0 Å². The number of nitrogens with zero attached hydrogens (tertiary/aromatic N) is 1. The zero-order valence-corrected chi connectivity index (χ0v) is 8.91. The molecule has 0 unspecified atom stereocenters. The lowest BCUT2D eigenvalue weighted by atomic mass is 10.1. The Morgan fingerprint density at radius 2 is 2.33 bits per heavy atom. The molecule has 1 aromatic heterocycles. The normalized spacial score (nSPS) is 12.1. The molecule has 0 aliphatic rings. The van der Waals surface area contributed by atoms with Crippen LogP contribution in [0.3, 0.4) is 0 Å². The monoisotopic (exact) mass is 209 g/mol. The van der Waals surface area contributed by atoms with Gasteiger partial charge in [-0.2, -0.15) is 0 Å². The van der Waals surface area contributed by atoms with E-state index in [9.17, 15) is 9.59 Å². The molecule has 0 spiro atoms. The molecule has 82 valence electrons. The Morgan fingerprint density at radius 3 is 2.87 bits per heavy atom. The van der Waals surface area contributed by atoms with Gasteiger partial charge in [-0.1, -0.05) is 0 Å². The lowest BCUT2D eigenvalue weighted by molar-refractivity contribution is -0.126. The van der Waals surface area contributed by atoms with Crippen LogP contribution in [0.4, 0.5) is 0 Å². The van der Waals surface area contributed by atoms with Gasteiger partial charge in [-0.15, -0.1) is 0 Å². The average Bonchev–Trinajstić information content (AvgIpc) is 2.65. The number of ketones is 1. The largest absolute Gasteiger partial charge is 0.348 e. The summed E-state index contributed by atoms with van der Waals surface area (Å²) in [6, 6.07) is -0.412. The van der Waals surface area contributed by atoms with Crippen molar-refractivity contribution in [2.24, 2.45) is 0 Å². The van der Waals surface area contributed by atoms with Crippen LogP contribution in [0.1, 0.15) is 26.0 Å². The molecule has 1 amide bonds. The fraction of sp³-hybridized carbons (Fsp3) is 0.500. The predicted molar refractivity (Wildman–Crippen MR) is 55.2 cm³/mol. The number of H-pyrrole nitrogens is 1. The molecule has 0 saturated carbocycles. The number of rotatable bonds is 5. The zero-order chi connectivity index (χ0) is 11.3. The highest BCUT2D eigenvalue weighted by atomic mass is 16.2. The maximum atomic E-state index is 11.5. The summed E-state index contributed by atoms with van der Waals surface area (Å²) in [4.78, 5) is 29.0. The van der Waals surface area contributed by atoms with E-state index in [0.717, 1.165) is 5.69 Å². The molecule has 1 atom stereocenters. The first kappa shape index (κ1) is 11.4. The van der Waals surface area contributed by atoms with E-state index < -0.39 is 6.04 Å². The summed E-state index contributed by atoms with van der Waals surface area (Å²) in [5.41, 5.74) is 0.929. The molecular formula is C10H15N3O2. The van der Waals surface area contributed by atoms with Gasteiger partial charge in [0, 0.05) is 25.2 Å². The maximum absolute atomic E-state index is 11.5. The van der Waals surface area contributed by atoms with Gasteiger partial charge in [0.05, 0.1) is 12.4 Å². The number of carbonyl (C=O) groups excluding carboxylic acids is 2. The fourth-order valence-corrected chi connectivity index (χ4v) is 1.28. The van der Waals surface area contributed by atoms with Crippen molar-refractivity contribution in [3.05, 3.63) is 18.2 Å². The molecule has 0 aliphatic heterocycles. The summed E-state index contributed by atoms with van der Waals surface area (Å²) in [7, 11) is 0. The van der Waals surface area contributed by atoms with Crippen LogP contribution >= 0.6 is 0 Å². The predicted octanol–water partition coefficient (Wildman–Crippen LogP) is 0.436. The number of Topliss-reactive ketones (excluding diaryl/α,β-unsaturated/α-hetero) is 1. The number of hydrogen-bond acceptors (Lipinski definition) is 3. The maximum Gasteiger partial charge on any atom is 0.217 e. The Kier molecular flexibility index (Phi) is 4.03. The Morgan fingerprint density at radius 1 is 1.60 bits per heavy atom. The minimum atomic E-state index is -0.412. The highest BCUT2D eigenvalue weighted by Crippen LogP contribution is 2.00. The van der Waals surface area contributed by atoms with Crippen LogP contribution in [0.15, 0.2) is 12.5 Å². The van der Waals surface area contributed by atoms with Gasteiger partial charge in [0.2, 0.25) is 5.91 Å². The van der Waals surface area contributed by atoms with Crippen molar-refractivity contribution in [1.82, 2.24) is 15.3 Å². The lowest BCUT2D eigenvalue weighted by Gasteiger charge is -2.10. The molecule has 1 rings (SSSR count). The SMILES string of the molecule is CC(=O)N[C@@H](C)C(=O)CCc1cnc[nH]1. The second-order valence-electron chi connectivity index (χ2n) is 3.47. The summed E-state index contributed by atoms with van der Waals surface area (Å²) in [6.07, 6.45) is 4.31. The van der Waals surface area contributed by atoms with Crippen molar-refractivity contribution >= 4 is 11.7 Å². The number of nitrogens with one attached hydrogen (secondary N) is 2. The Hall–Kier alpha value is -1.65. The Labute approximate surface area is 88.3 Å². The van der Waals surface area contributed by atoms with E-state index in [1.54, 1.807) is 19.4 Å². The van der Waals surface area contributed by atoms with Gasteiger partial charge in [-0.3, -0.25) is 9.59 Å². The van der Waals surface area contributed by atoms with Gasteiger partial charge in [-0.05, 0) is 13.3 Å². The average molecular weight is 209 g/mol. The molecular weight excluding hydrogens is 194 g/mol. The second kappa shape index (κ2) is 5.29. The zero-order valence-electron chi connectivity index (χ0n) is 8.91. The van der Waals surface area contributed by atoms with Gasteiger partial charge in [0.1, 0.15) is 0 Å². The smallest absolute Gasteiger partial charge is 0.217 e. The van der Waals surface area contributed by atoms with Gasteiger partial charge < -0.3 is 10.3 Å². The number of carbonyl (C=O) groups is 2. The van der Waals surface area contributed by atoms with E-state index in [-0.39, 0.29) is 11.7 Å². The third kappa shape index (κ3) is 3.93. The minimum absolute atomic E-state index is 0.0276. The van der Waals surface area contributed by atoms with Crippen LogP contribution in [-0.4, -0.2) is 27.7 Å². The molecule has 5 heteroatoms. The standard InChI is InChI=1S/C10H15N3O2/c1-7(13-8(2)14)10(15)4-3-9-5-11-6-12-9/h5-7H,3-4H2,1-2H3,(H,11,12)(H,13,14)/t7-/m0/s1. The quantitative estimate of drug-likeness (QED) is 0.738. The molecule has 1 aromatic rings. The third-order valence-electron chi connectivity index (χ3n) is 2.10. The van der Waals surface area contributed by atoms with Gasteiger partial charge >= 0.3 is 0 Å². The van der Waals surface area contributed by atoms with Crippen molar-refractivity contribution in [2.45, 2.75) is 32.7 Å². The summed E-state index contributed by atoms with van der Waals surface area (Å²) in [5.74, 6) is -0.155. The van der Waals surface area contributed by atoms with Crippen molar-refractivity contribution in [3.8, 4) is 0 Å². The molecule has 0 bridgehead atoms. The van der Waals surface area contributed by atoms with E-state index in [1.165, 1.54) is 6.92 Å². The Balaban J connectivity index is 2.32. The van der Waals surface area contributed by atoms with Crippen LogP contribution < -0.4 is 5.32 Å². The van der Waals surface area contributed by atoms with Crippen LogP contribution in [-0.2, 0) is 16.0 Å². The highest BCUT2D eigenvalue weighted by Gasteiger charge is 2.13. The van der Waals surface area contributed by atoms with E-state index in [2.05, 4.69) is 15.3 Å². The molecule has 15 heavy (non-hydrogen) atoms. The molecule has 0 radical (unpaired) electrons. The number of aromatic nitrogens is 2. The summed E-state index contributed by atoms with van der Waals surface area (Å²) in [5, 5.41) is 2.56. The van der Waals surface area contributed by atoms with Crippen LogP contribution in [0.5, 0.6) is 0 Å². The first-order valence-electron chi connectivity index (χ1n) is 4.86. The molecule has 0 aliphatic carbocycles. The van der Waals surface area contributed by atoms with E-state index in [0.29, 0.717) is 12.8 Å². The molecule has 5 nitrogen and oxygen atoms in total. The lowest BCUT2D eigenvalue weighted by Crippen LogP contribution is -2.37. The van der Waals surface area contributed by atoms with Crippen LogP contribution in [0.2, 0.25) is 0 Å². The van der Waals surface area contributed by atoms with Gasteiger partial charge in [0.15, 0.2) is 5.78 Å². The summed E-state index contributed by atoms with van der Waals surface area (Å²) >= 11 is 0. The van der Waals surface area contributed by atoms with Gasteiger partial charge in [-0.25, -0.2) is 4.98 Å². The molecule has 1 heterocycles. The van der Waals surface area contributed by atoms with Crippen molar-refractivity contribution in [1.29, 1.82) is 0 Å². The minimum Gasteiger partial charge on any atom is -0.348 e. The van der Waals surface area contributed by atoms with E-state index in [1.807, 2.05) is 0 Å². The first-order chi connectivity index (χ1) is 7.09. The number of hydrogen-bond donors (Lipinski definition) is 2. The van der Waals surface area contributed by atoms with E-state index in [4.69, 9.17) is 0 Å². The van der Waals surface area contributed by atoms with Crippen LogP contribution in [0, 0.1) is 0 Å². The van der Waals surface area contributed by atoms with Crippen molar-refractivity contribution < 1.29 is 9.59 Å². The van der Waals surface area contributed by atoms with E-state index >= 15 is 0 Å². The Bertz CT molecular complexity index is 332. The molecule has 0 saturated heterocycles. The highest BCUT2D eigenvalue weighted by molar-refractivity contribution is 5.88. The first-order valence-corrected chi connectivity index (χ1v) is 4.86. The molecule has 0 aromatic carbocycles. The molecule has 0 fully saturated rings. The fourth-order valence-electron chi connectivity index (χ4n) is 1.28.